The number of benzene rings is 2. The van der Waals surface area contributed by atoms with Crippen molar-refractivity contribution in [3.05, 3.63) is 69.8 Å². The predicted octanol–water partition coefficient (Wildman–Crippen LogP) is 3.12. The maximum Gasteiger partial charge on any atom is 0.336 e. The molecule has 0 saturated carbocycles. The number of hydrogen-bond donors (Lipinski definition) is 3. The number of quaternary nitrogens is 1. The van der Waals surface area contributed by atoms with E-state index in [9.17, 15) is 34.2 Å². The van der Waals surface area contributed by atoms with Gasteiger partial charge in [0.2, 0.25) is 5.91 Å². The number of amides is 3. The second kappa shape index (κ2) is 13.0. The van der Waals surface area contributed by atoms with Gasteiger partial charge in [0.25, 0.3) is 11.8 Å². The third-order valence-corrected chi connectivity index (χ3v) is 7.63. The Balaban J connectivity index is 1.57. The molecule has 0 spiro atoms. The standard InChI is InChI=1S/C32H42N4O7/c1-20(16-22-8-10-23(11-9-22)19-36(5,6)7)34(21(2)37)14-12-32(3,4)33-13-15-35-28(38)24-17-26(30(40)41)27(31(42)43)18-25(24)29(35)39/h8-11,17-18,20,33H,12-16,19H2,1-7H3,(H-,40,41,42,43)/p+1. The van der Waals surface area contributed by atoms with Gasteiger partial charge in [0, 0.05) is 43.7 Å². The van der Waals surface area contributed by atoms with Crippen LogP contribution in [-0.4, -0.2) is 107 Å². The van der Waals surface area contributed by atoms with Gasteiger partial charge >= 0.3 is 11.9 Å². The van der Waals surface area contributed by atoms with Gasteiger partial charge in [-0.2, -0.15) is 0 Å². The molecule has 11 heteroatoms. The number of carbonyl (C=O) groups excluding carboxylic acids is 3. The third-order valence-electron chi connectivity index (χ3n) is 7.63. The Labute approximate surface area is 252 Å². The maximum atomic E-state index is 12.9. The Kier molecular flexibility index (Phi) is 10.1. The zero-order valence-corrected chi connectivity index (χ0v) is 26.1. The summed E-state index contributed by atoms with van der Waals surface area (Å²) >= 11 is 0. The van der Waals surface area contributed by atoms with E-state index in [1.54, 1.807) is 6.92 Å². The summed E-state index contributed by atoms with van der Waals surface area (Å²) in [5.74, 6) is -4.34. The van der Waals surface area contributed by atoms with Gasteiger partial charge in [-0.05, 0) is 51.3 Å². The Bertz CT molecular complexity index is 1360. The lowest BCUT2D eigenvalue weighted by atomic mass is 9.98. The van der Waals surface area contributed by atoms with Crippen LogP contribution in [0.5, 0.6) is 0 Å². The molecule has 3 N–H and O–H groups in total. The van der Waals surface area contributed by atoms with Crippen LogP contribution < -0.4 is 5.32 Å². The quantitative estimate of drug-likeness (QED) is 0.223. The number of fused-ring (bicyclic) bond motifs is 1. The van der Waals surface area contributed by atoms with Gasteiger partial charge in [-0.25, -0.2) is 9.59 Å². The fourth-order valence-corrected chi connectivity index (χ4v) is 5.36. The Morgan fingerprint density at radius 3 is 1.86 bits per heavy atom. The smallest absolute Gasteiger partial charge is 0.336 e. The summed E-state index contributed by atoms with van der Waals surface area (Å²) in [4.78, 5) is 64.2. The summed E-state index contributed by atoms with van der Waals surface area (Å²) < 4.78 is 0.844. The third kappa shape index (κ3) is 8.48. The highest BCUT2D eigenvalue weighted by Crippen LogP contribution is 2.27. The molecule has 232 valence electrons. The van der Waals surface area contributed by atoms with E-state index in [0.29, 0.717) is 13.0 Å². The summed E-state index contributed by atoms with van der Waals surface area (Å²) in [6.07, 6.45) is 1.34. The summed E-state index contributed by atoms with van der Waals surface area (Å²) in [6, 6.07) is 10.4. The molecule has 11 nitrogen and oxygen atoms in total. The molecule has 0 bridgehead atoms. The molecule has 1 unspecified atom stereocenters. The molecular weight excluding hydrogens is 552 g/mol. The number of hydrogen-bond acceptors (Lipinski definition) is 6. The zero-order chi connectivity index (χ0) is 32.3. The van der Waals surface area contributed by atoms with Crippen molar-refractivity contribution in [2.75, 3.05) is 40.8 Å². The van der Waals surface area contributed by atoms with Gasteiger partial charge in [-0.15, -0.1) is 0 Å². The fraction of sp³-hybridized carbons (Fsp3) is 0.469. The van der Waals surface area contributed by atoms with E-state index in [0.717, 1.165) is 40.0 Å². The van der Waals surface area contributed by atoms with Crippen LogP contribution in [0, 0.1) is 0 Å². The number of rotatable bonds is 14. The first-order chi connectivity index (χ1) is 19.9. The summed E-state index contributed by atoms with van der Waals surface area (Å²) in [6.45, 7) is 9.26. The van der Waals surface area contributed by atoms with Crippen molar-refractivity contribution in [2.45, 2.75) is 58.7 Å². The van der Waals surface area contributed by atoms with Crippen molar-refractivity contribution in [3.8, 4) is 0 Å². The first kappa shape index (κ1) is 33.4. The lowest BCUT2D eigenvalue weighted by Gasteiger charge is -2.34. The molecule has 1 aliphatic heterocycles. The summed E-state index contributed by atoms with van der Waals surface area (Å²) in [7, 11) is 6.45. The molecule has 3 rings (SSSR count). The molecule has 0 saturated heterocycles. The van der Waals surface area contributed by atoms with Crippen molar-refractivity contribution >= 4 is 29.7 Å². The molecule has 1 heterocycles. The van der Waals surface area contributed by atoms with Crippen molar-refractivity contribution < 1.29 is 38.7 Å². The van der Waals surface area contributed by atoms with Crippen LogP contribution in [0.1, 0.15) is 86.7 Å². The summed E-state index contributed by atoms with van der Waals surface area (Å²) in [5.41, 5.74) is 0.640. The van der Waals surface area contributed by atoms with Gasteiger partial charge < -0.3 is 24.9 Å². The van der Waals surface area contributed by atoms with Crippen LogP contribution in [-0.2, 0) is 17.8 Å². The molecule has 2 aromatic carbocycles. The van der Waals surface area contributed by atoms with Crippen LogP contribution in [0.3, 0.4) is 0 Å². The highest BCUT2D eigenvalue weighted by Gasteiger charge is 2.38. The highest BCUT2D eigenvalue weighted by atomic mass is 16.4. The topological polar surface area (TPSA) is 144 Å². The van der Waals surface area contributed by atoms with Gasteiger partial charge in [0.1, 0.15) is 6.54 Å². The second-order valence-corrected chi connectivity index (χ2v) is 12.9. The lowest BCUT2D eigenvalue weighted by molar-refractivity contribution is -0.884. The van der Waals surface area contributed by atoms with Gasteiger partial charge in [0.05, 0.1) is 43.4 Å². The van der Waals surface area contributed by atoms with Crippen LogP contribution in [0.25, 0.3) is 0 Å². The lowest BCUT2D eigenvalue weighted by Crippen LogP contribution is -2.48. The SMILES string of the molecule is CC(=O)N(CCC(C)(C)NCCN1C(=O)c2cc(C(=O)O)c(C(=O)O)cc2C1=O)C(C)Cc1ccc(C[N+](C)(C)C)cc1. The molecule has 0 aromatic heterocycles. The second-order valence-electron chi connectivity index (χ2n) is 12.9. The van der Waals surface area contributed by atoms with Crippen molar-refractivity contribution in [1.29, 1.82) is 0 Å². The van der Waals surface area contributed by atoms with Crippen LogP contribution >= 0.6 is 0 Å². The number of nitrogens with one attached hydrogen (secondary N) is 1. The van der Waals surface area contributed by atoms with Crippen molar-refractivity contribution in [3.63, 3.8) is 0 Å². The molecular formula is C32H43N4O7+. The molecule has 1 aliphatic rings. The van der Waals surface area contributed by atoms with E-state index in [1.807, 2.05) is 25.7 Å². The number of imide groups is 1. The Morgan fingerprint density at radius 2 is 1.42 bits per heavy atom. The minimum Gasteiger partial charge on any atom is -0.478 e. The Morgan fingerprint density at radius 1 is 0.930 bits per heavy atom. The first-order valence-electron chi connectivity index (χ1n) is 14.3. The van der Waals surface area contributed by atoms with Crippen LogP contribution in [0.15, 0.2) is 36.4 Å². The number of carbonyl (C=O) groups is 5. The van der Waals surface area contributed by atoms with E-state index in [2.05, 4.69) is 50.7 Å². The van der Waals surface area contributed by atoms with Gasteiger partial charge in [0.15, 0.2) is 0 Å². The molecule has 43 heavy (non-hydrogen) atoms. The van der Waals surface area contributed by atoms with Crippen molar-refractivity contribution in [1.82, 2.24) is 15.1 Å². The molecule has 3 amide bonds. The summed E-state index contributed by atoms with van der Waals surface area (Å²) in [5, 5.41) is 22.1. The van der Waals surface area contributed by atoms with E-state index in [4.69, 9.17) is 0 Å². The minimum atomic E-state index is -1.50. The maximum absolute atomic E-state index is 12.9. The zero-order valence-electron chi connectivity index (χ0n) is 26.1. The minimum absolute atomic E-state index is 0.0114. The van der Waals surface area contributed by atoms with Crippen LogP contribution in [0.4, 0.5) is 0 Å². The number of nitrogens with zero attached hydrogens (tertiary/aromatic N) is 3. The molecule has 1 atom stereocenters. The largest absolute Gasteiger partial charge is 0.478 e. The normalized spacial score (nSPS) is 14.1. The van der Waals surface area contributed by atoms with Crippen molar-refractivity contribution in [2.24, 2.45) is 0 Å². The van der Waals surface area contributed by atoms with Crippen LogP contribution in [0.2, 0.25) is 0 Å². The monoisotopic (exact) mass is 595 g/mol. The highest BCUT2D eigenvalue weighted by molar-refractivity contribution is 6.23. The fourth-order valence-electron chi connectivity index (χ4n) is 5.36. The van der Waals surface area contributed by atoms with Gasteiger partial charge in [-0.1, -0.05) is 24.3 Å². The van der Waals surface area contributed by atoms with E-state index in [1.165, 1.54) is 5.56 Å². The Hall–Kier alpha value is -4.09. The molecule has 0 radical (unpaired) electrons. The number of carboxylic acids is 2. The average molecular weight is 596 g/mol. The van der Waals surface area contributed by atoms with E-state index < -0.39 is 40.4 Å². The van der Waals surface area contributed by atoms with Gasteiger partial charge in [-0.3, -0.25) is 19.3 Å². The predicted molar refractivity (Wildman–Crippen MR) is 161 cm³/mol. The number of carboxylic acid groups (broad SMARTS) is 2. The molecule has 0 fully saturated rings. The number of aromatic carboxylic acids is 2. The molecule has 0 aliphatic carbocycles. The molecule has 2 aromatic rings. The van der Waals surface area contributed by atoms with E-state index in [-0.39, 0.29) is 36.2 Å². The van der Waals surface area contributed by atoms with E-state index >= 15 is 0 Å². The first-order valence-corrected chi connectivity index (χ1v) is 14.3. The average Bonchev–Trinajstić information content (AvgIpc) is 3.12.